The number of hydrogen-bond acceptors (Lipinski definition) is 5. The summed E-state index contributed by atoms with van der Waals surface area (Å²) < 4.78 is 9.62. The molecule has 0 fully saturated rings. The molecule has 0 saturated carbocycles. The molecule has 0 spiro atoms. The molecule has 5 heteroatoms. The van der Waals surface area contributed by atoms with E-state index in [1.165, 1.54) is 6.92 Å². The van der Waals surface area contributed by atoms with Gasteiger partial charge >= 0.3 is 11.9 Å². The Balaban J connectivity index is 4.49. The van der Waals surface area contributed by atoms with Crippen molar-refractivity contribution >= 4 is 17.7 Å². The molecule has 17 heavy (non-hydrogen) atoms. The van der Waals surface area contributed by atoms with Crippen LogP contribution >= 0.6 is 0 Å². The van der Waals surface area contributed by atoms with E-state index in [9.17, 15) is 14.4 Å². The van der Waals surface area contributed by atoms with Gasteiger partial charge in [-0.3, -0.25) is 14.4 Å². The predicted octanol–water partition coefficient (Wildman–Crippen LogP) is 1.34. The van der Waals surface area contributed by atoms with Gasteiger partial charge in [0.15, 0.2) is 0 Å². The quantitative estimate of drug-likeness (QED) is 0.499. The van der Waals surface area contributed by atoms with Gasteiger partial charge in [-0.25, -0.2) is 0 Å². The Morgan fingerprint density at radius 1 is 1.00 bits per heavy atom. The van der Waals surface area contributed by atoms with E-state index in [-0.39, 0.29) is 25.4 Å². The zero-order valence-electron chi connectivity index (χ0n) is 10.8. The van der Waals surface area contributed by atoms with Gasteiger partial charge in [-0.1, -0.05) is 6.92 Å². The van der Waals surface area contributed by atoms with Crippen LogP contribution in [0.2, 0.25) is 0 Å². The molecule has 0 aliphatic carbocycles. The molecule has 2 atom stereocenters. The molecule has 0 N–H and O–H groups in total. The van der Waals surface area contributed by atoms with Crippen molar-refractivity contribution in [3.63, 3.8) is 0 Å². The molecule has 0 bridgehead atoms. The lowest BCUT2D eigenvalue weighted by Gasteiger charge is -2.16. The predicted molar refractivity (Wildman–Crippen MR) is 61.2 cm³/mol. The number of ether oxygens (including phenoxy) is 2. The van der Waals surface area contributed by atoms with Gasteiger partial charge in [0, 0.05) is 0 Å². The molecule has 0 rings (SSSR count). The first-order chi connectivity index (χ1) is 7.93. The van der Waals surface area contributed by atoms with Crippen LogP contribution in [0.5, 0.6) is 0 Å². The standard InChI is InChI=1S/C12H20O5/c1-5-16-11(14)8(3)7-10(9(4)13)12(15)17-6-2/h8,10H,5-7H2,1-4H3. The topological polar surface area (TPSA) is 69.7 Å². The average molecular weight is 244 g/mol. The van der Waals surface area contributed by atoms with E-state index in [4.69, 9.17) is 9.47 Å². The maximum Gasteiger partial charge on any atom is 0.316 e. The smallest absolute Gasteiger partial charge is 0.316 e. The highest BCUT2D eigenvalue weighted by Crippen LogP contribution is 2.16. The van der Waals surface area contributed by atoms with Crippen LogP contribution in [0.4, 0.5) is 0 Å². The van der Waals surface area contributed by atoms with Crippen molar-refractivity contribution < 1.29 is 23.9 Å². The third kappa shape index (κ3) is 5.47. The summed E-state index contributed by atoms with van der Waals surface area (Å²) in [4.78, 5) is 34.2. The molecule has 2 unspecified atom stereocenters. The van der Waals surface area contributed by atoms with Gasteiger partial charge in [0.25, 0.3) is 0 Å². The van der Waals surface area contributed by atoms with E-state index in [1.807, 2.05) is 0 Å². The molecular formula is C12H20O5. The molecule has 0 aliphatic heterocycles. The highest BCUT2D eigenvalue weighted by Gasteiger charge is 2.29. The van der Waals surface area contributed by atoms with Crippen LogP contribution in [0.3, 0.4) is 0 Å². The van der Waals surface area contributed by atoms with Gasteiger partial charge in [0.2, 0.25) is 0 Å². The van der Waals surface area contributed by atoms with Gasteiger partial charge in [-0.15, -0.1) is 0 Å². The van der Waals surface area contributed by atoms with Crippen LogP contribution in [0.1, 0.15) is 34.1 Å². The largest absolute Gasteiger partial charge is 0.466 e. The van der Waals surface area contributed by atoms with Crippen molar-refractivity contribution in [2.45, 2.75) is 34.1 Å². The van der Waals surface area contributed by atoms with Crippen molar-refractivity contribution in [2.75, 3.05) is 13.2 Å². The number of carbonyl (C=O) groups excluding carboxylic acids is 3. The third-order valence-corrected chi connectivity index (χ3v) is 2.34. The fourth-order valence-corrected chi connectivity index (χ4v) is 1.41. The lowest BCUT2D eigenvalue weighted by Crippen LogP contribution is -2.29. The molecule has 0 radical (unpaired) electrons. The van der Waals surface area contributed by atoms with E-state index < -0.39 is 23.8 Å². The second kappa shape index (κ2) is 7.81. The third-order valence-electron chi connectivity index (χ3n) is 2.34. The lowest BCUT2D eigenvalue weighted by atomic mass is 9.93. The Bertz CT molecular complexity index is 285. The van der Waals surface area contributed by atoms with Crippen molar-refractivity contribution in [1.82, 2.24) is 0 Å². The van der Waals surface area contributed by atoms with Crippen molar-refractivity contribution in [1.29, 1.82) is 0 Å². The second-order valence-corrected chi connectivity index (χ2v) is 3.80. The highest BCUT2D eigenvalue weighted by molar-refractivity contribution is 5.98. The van der Waals surface area contributed by atoms with Crippen LogP contribution in [-0.2, 0) is 23.9 Å². The summed E-state index contributed by atoms with van der Waals surface area (Å²) in [6.07, 6.45) is 0.132. The normalized spacial score (nSPS) is 13.6. The number of ketones is 1. The molecule has 0 saturated heterocycles. The molecule has 98 valence electrons. The van der Waals surface area contributed by atoms with Gasteiger partial charge < -0.3 is 9.47 Å². The first kappa shape index (κ1) is 15.6. The Morgan fingerprint density at radius 2 is 1.47 bits per heavy atom. The van der Waals surface area contributed by atoms with Gasteiger partial charge in [-0.05, 0) is 27.2 Å². The Morgan fingerprint density at radius 3 is 1.88 bits per heavy atom. The molecule has 0 aromatic heterocycles. The minimum Gasteiger partial charge on any atom is -0.466 e. The second-order valence-electron chi connectivity index (χ2n) is 3.80. The minimum atomic E-state index is -0.880. The first-order valence-corrected chi connectivity index (χ1v) is 5.77. The first-order valence-electron chi connectivity index (χ1n) is 5.77. The molecular weight excluding hydrogens is 224 g/mol. The zero-order chi connectivity index (χ0) is 13.4. The summed E-state index contributed by atoms with van der Waals surface area (Å²) >= 11 is 0. The molecule has 0 heterocycles. The lowest BCUT2D eigenvalue weighted by molar-refractivity contribution is -0.153. The fraction of sp³-hybridized carbons (Fsp3) is 0.750. The SMILES string of the molecule is CCOC(=O)C(C)CC(C(C)=O)C(=O)OCC. The van der Waals surface area contributed by atoms with Crippen molar-refractivity contribution in [2.24, 2.45) is 11.8 Å². The average Bonchev–Trinajstić information content (AvgIpc) is 2.25. The van der Waals surface area contributed by atoms with Crippen LogP contribution in [0.15, 0.2) is 0 Å². The van der Waals surface area contributed by atoms with Crippen LogP contribution in [0.25, 0.3) is 0 Å². The number of rotatable bonds is 7. The Labute approximate surface area is 101 Å². The molecule has 5 nitrogen and oxygen atoms in total. The summed E-state index contributed by atoms with van der Waals surface area (Å²) in [6.45, 7) is 6.83. The summed E-state index contributed by atoms with van der Waals surface area (Å²) in [6, 6.07) is 0. The molecule has 0 amide bonds. The van der Waals surface area contributed by atoms with Crippen molar-refractivity contribution in [3.05, 3.63) is 0 Å². The summed E-state index contributed by atoms with van der Waals surface area (Å²) in [5, 5.41) is 0. The molecule has 0 aromatic carbocycles. The van der Waals surface area contributed by atoms with Gasteiger partial charge in [-0.2, -0.15) is 0 Å². The highest BCUT2D eigenvalue weighted by atomic mass is 16.5. The fourth-order valence-electron chi connectivity index (χ4n) is 1.41. The van der Waals surface area contributed by atoms with Gasteiger partial charge in [0.1, 0.15) is 11.7 Å². The van der Waals surface area contributed by atoms with E-state index in [0.717, 1.165) is 0 Å². The Kier molecular flexibility index (Phi) is 7.18. The van der Waals surface area contributed by atoms with Crippen LogP contribution in [0, 0.1) is 11.8 Å². The monoisotopic (exact) mass is 244 g/mol. The maximum atomic E-state index is 11.5. The Hall–Kier alpha value is -1.39. The summed E-state index contributed by atoms with van der Waals surface area (Å²) in [5.74, 6) is -2.64. The number of esters is 2. The molecule has 0 aromatic rings. The molecule has 0 aliphatic rings. The van der Waals surface area contributed by atoms with Crippen molar-refractivity contribution in [3.8, 4) is 0 Å². The van der Waals surface area contributed by atoms with Crippen LogP contribution < -0.4 is 0 Å². The van der Waals surface area contributed by atoms with E-state index >= 15 is 0 Å². The number of carbonyl (C=O) groups is 3. The van der Waals surface area contributed by atoms with E-state index in [0.29, 0.717) is 0 Å². The minimum absolute atomic E-state index is 0.132. The number of Topliss-reactive ketones (excluding diaryl/α,β-unsaturated/α-hetero) is 1. The van der Waals surface area contributed by atoms with E-state index in [2.05, 4.69) is 0 Å². The number of hydrogen-bond donors (Lipinski definition) is 0. The summed E-state index contributed by atoms with van der Waals surface area (Å²) in [7, 11) is 0. The van der Waals surface area contributed by atoms with Gasteiger partial charge in [0.05, 0.1) is 19.1 Å². The summed E-state index contributed by atoms with van der Waals surface area (Å²) in [5.41, 5.74) is 0. The zero-order valence-corrected chi connectivity index (χ0v) is 10.8. The van der Waals surface area contributed by atoms with Crippen LogP contribution in [-0.4, -0.2) is 30.9 Å². The van der Waals surface area contributed by atoms with E-state index in [1.54, 1.807) is 20.8 Å². The maximum absolute atomic E-state index is 11.5.